The van der Waals surface area contributed by atoms with Gasteiger partial charge in [-0.05, 0) is 24.8 Å². The number of rotatable bonds is 2. The normalized spacial score (nSPS) is 23.4. The Bertz CT molecular complexity index is 562. The first kappa shape index (κ1) is 13.4. The highest BCUT2D eigenvalue weighted by molar-refractivity contribution is 5.92. The molecule has 1 aliphatic heterocycles. The third-order valence-corrected chi connectivity index (χ3v) is 4.46. The van der Waals surface area contributed by atoms with Crippen molar-refractivity contribution in [1.29, 1.82) is 0 Å². The zero-order chi connectivity index (χ0) is 14.1. The number of aromatic nitrogens is 1. The summed E-state index contributed by atoms with van der Waals surface area (Å²) >= 11 is 0. The van der Waals surface area contributed by atoms with E-state index >= 15 is 0 Å². The van der Waals surface area contributed by atoms with Crippen LogP contribution in [0.1, 0.15) is 29.8 Å². The molecule has 0 N–H and O–H groups in total. The minimum Gasteiger partial charge on any atom is -0.374 e. The molecule has 1 aromatic heterocycles. The summed E-state index contributed by atoms with van der Waals surface area (Å²) in [5.74, 6) is 0.531. The Morgan fingerprint density at radius 3 is 2.85 bits per heavy atom. The average molecular weight is 276 g/mol. The van der Waals surface area contributed by atoms with Crippen LogP contribution < -0.4 is 5.56 Å². The Labute approximate surface area is 118 Å². The Kier molecular flexibility index (Phi) is 3.61. The summed E-state index contributed by atoms with van der Waals surface area (Å²) in [6, 6.07) is 4.81. The van der Waals surface area contributed by atoms with E-state index in [-0.39, 0.29) is 17.6 Å². The van der Waals surface area contributed by atoms with Gasteiger partial charge >= 0.3 is 0 Å². The van der Waals surface area contributed by atoms with Crippen molar-refractivity contribution in [2.24, 2.45) is 13.0 Å². The summed E-state index contributed by atoms with van der Waals surface area (Å²) in [4.78, 5) is 26.0. The molecular weight excluding hydrogens is 256 g/mol. The molecule has 1 unspecified atom stereocenters. The SMILES string of the molecule is Cn1c(C(=O)N2CCOC(C3CCC3)C2)cccc1=O. The number of carbonyl (C=O) groups is 1. The highest BCUT2D eigenvalue weighted by Gasteiger charge is 2.34. The third-order valence-electron chi connectivity index (χ3n) is 4.46. The van der Waals surface area contributed by atoms with E-state index in [1.807, 2.05) is 4.90 Å². The molecule has 0 radical (unpaired) electrons. The molecule has 1 atom stereocenters. The van der Waals surface area contributed by atoms with Crippen molar-refractivity contribution in [2.45, 2.75) is 25.4 Å². The molecule has 2 fully saturated rings. The molecular formula is C15H20N2O3. The van der Waals surface area contributed by atoms with Crippen molar-refractivity contribution in [3.63, 3.8) is 0 Å². The number of amides is 1. The van der Waals surface area contributed by atoms with E-state index in [1.54, 1.807) is 19.2 Å². The number of nitrogens with zero attached hydrogens (tertiary/aromatic N) is 2. The predicted octanol–water partition coefficient (Wildman–Crippen LogP) is 1.03. The molecule has 0 aromatic carbocycles. The van der Waals surface area contributed by atoms with E-state index in [2.05, 4.69) is 0 Å². The second-order valence-corrected chi connectivity index (χ2v) is 5.66. The number of hydrogen-bond donors (Lipinski definition) is 0. The van der Waals surface area contributed by atoms with Crippen LogP contribution in [-0.2, 0) is 11.8 Å². The first-order chi connectivity index (χ1) is 9.66. The van der Waals surface area contributed by atoms with Gasteiger partial charge in [-0.2, -0.15) is 0 Å². The summed E-state index contributed by atoms with van der Waals surface area (Å²) in [6.45, 7) is 1.84. The van der Waals surface area contributed by atoms with Gasteiger partial charge in [-0.15, -0.1) is 0 Å². The molecule has 20 heavy (non-hydrogen) atoms. The van der Waals surface area contributed by atoms with Gasteiger partial charge in [0.2, 0.25) is 0 Å². The topological polar surface area (TPSA) is 51.5 Å². The quantitative estimate of drug-likeness (QED) is 0.810. The number of carbonyl (C=O) groups excluding carboxylic acids is 1. The van der Waals surface area contributed by atoms with Crippen LogP contribution in [0.2, 0.25) is 0 Å². The minimum atomic E-state index is -0.153. The third kappa shape index (κ3) is 2.38. The molecule has 5 nitrogen and oxygen atoms in total. The van der Waals surface area contributed by atoms with Crippen molar-refractivity contribution in [3.05, 3.63) is 34.2 Å². The van der Waals surface area contributed by atoms with Crippen molar-refractivity contribution in [2.75, 3.05) is 19.7 Å². The van der Waals surface area contributed by atoms with Gasteiger partial charge in [0.1, 0.15) is 5.69 Å². The zero-order valence-electron chi connectivity index (χ0n) is 11.7. The van der Waals surface area contributed by atoms with Gasteiger partial charge < -0.3 is 14.2 Å². The van der Waals surface area contributed by atoms with Crippen LogP contribution in [0.5, 0.6) is 0 Å². The first-order valence-corrected chi connectivity index (χ1v) is 7.24. The fraction of sp³-hybridized carbons (Fsp3) is 0.600. The van der Waals surface area contributed by atoms with E-state index in [0.29, 0.717) is 31.3 Å². The number of pyridine rings is 1. The van der Waals surface area contributed by atoms with E-state index in [1.165, 1.54) is 29.9 Å². The van der Waals surface area contributed by atoms with Gasteiger partial charge in [0.25, 0.3) is 11.5 Å². The molecule has 1 saturated heterocycles. The number of morpholine rings is 1. The van der Waals surface area contributed by atoms with E-state index in [4.69, 9.17) is 4.74 Å². The molecule has 2 heterocycles. The first-order valence-electron chi connectivity index (χ1n) is 7.24. The van der Waals surface area contributed by atoms with Gasteiger partial charge in [-0.25, -0.2) is 0 Å². The van der Waals surface area contributed by atoms with Gasteiger partial charge in [-0.3, -0.25) is 9.59 Å². The Balaban J connectivity index is 1.76. The summed E-state index contributed by atoms with van der Waals surface area (Å²) in [6.07, 6.45) is 3.85. The van der Waals surface area contributed by atoms with Crippen LogP contribution in [0, 0.1) is 5.92 Å². The van der Waals surface area contributed by atoms with Crippen LogP contribution in [0.15, 0.2) is 23.0 Å². The number of hydrogen-bond acceptors (Lipinski definition) is 3. The van der Waals surface area contributed by atoms with Gasteiger partial charge in [0, 0.05) is 26.2 Å². The maximum atomic E-state index is 12.6. The highest BCUT2D eigenvalue weighted by atomic mass is 16.5. The Morgan fingerprint density at radius 1 is 1.35 bits per heavy atom. The Hall–Kier alpha value is -1.62. The van der Waals surface area contributed by atoms with Crippen molar-refractivity contribution >= 4 is 5.91 Å². The van der Waals surface area contributed by atoms with Gasteiger partial charge in [-0.1, -0.05) is 12.5 Å². The average Bonchev–Trinajstić information content (AvgIpc) is 2.40. The molecule has 1 aromatic rings. The maximum absolute atomic E-state index is 12.6. The summed E-state index contributed by atoms with van der Waals surface area (Å²) in [5.41, 5.74) is 0.298. The smallest absolute Gasteiger partial charge is 0.270 e. The highest BCUT2D eigenvalue weighted by Crippen LogP contribution is 2.32. The molecule has 5 heteroatoms. The predicted molar refractivity (Wildman–Crippen MR) is 74.7 cm³/mol. The largest absolute Gasteiger partial charge is 0.374 e. The summed E-state index contributed by atoms with van der Waals surface area (Å²) in [5, 5.41) is 0. The molecule has 1 saturated carbocycles. The van der Waals surface area contributed by atoms with E-state index in [9.17, 15) is 9.59 Å². The van der Waals surface area contributed by atoms with Crippen LogP contribution in [0.25, 0.3) is 0 Å². The molecule has 2 aliphatic rings. The second kappa shape index (κ2) is 5.40. The standard InChI is InChI=1S/C15H20N2O3/c1-16-12(6-3-7-14(16)18)15(19)17-8-9-20-13(10-17)11-4-2-5-11/h3,6-7,11,13H,2,4-5,8-10H2,1H3. The minimum absolute atomic E-state index is 0.0715. The zero-order valence-corrected chi connectivity index (χ0v) is 11.7. The lowest BCUT2D eigenvalue weighted by molar-refractivity contribution is -0.0661. The molecule has 0 bridgehead atoms. The van der Waals surface area contributed by atoms with E-state index in [0.717, 1.165) is 0 Å². The molecule has 108 valence electrons. The van der Waals surface area contributed by atoms with Crippen molar-refractivity contribution < 1.29 is 9.53 Å². The molecule has 1 aliphatic carbocycles. The fourth-order valence-electron chi connectivity index (χ4n) is 2.90. The molecule has 0 spiro atoms. The molecule has 1 amide bonds. The van der Waals surface area contributed by atoms with Crippen LogP contribution in [0.4, 0.5) is 0 Å². The van der Waals surface area contributed by atoms with Gasteiger partial charge in [0.15, 0.2) is 0 Å². The second-order valence-electron chi connectivity index (χ2n) is 5.66. The van der Waals surface area contributed by atoms with Crippen LogP contribution in [-0.4, -0.2) is 41.2 Å². The lowest BCUT2D eigenvalue weighted by Crippen LogP contribution is -2.50. The van der Waals surface area contributed by atoms with Crippen LogP contribution >= 0.6 is 0 Å². The fourth-order valence-corrected chi connectivity index (χ4v) is 2.90. The van der Waals surface area contributed by atoms with Crippen molar-refractivity contribution in [3.8, 4) is 0 Å². The van der Waals surface area contributed by atoms with E-state index < -0.39 is 0 Å². The van der Waals surface area contributed by atoms with Gasteiger partial charge in [0.05, 0.1) is 12.7 Å². The van der Waals surface area contributed by atoms with Crippen LogP contribution in [0.3, 0.4) is 0 Å². The molecule has 3 rings (SSSR count). The summed E-state index contributed by atoms with van der Waals surface area (Å²) < 4.78 is 7.20. The summed E-state index contributed by atoms with van der Waals surface area (Å²) in [7, 11) is 1.64. The lowest BCUT2D eigenvalue weighted by Gasteiger charge is -2.40. The lowest BCUT2D eigenvalue weighted by atomic mass is 9.80. The Morgan fingerprint density at radius 2 is 2.15 bits per heavy atom. The maximum Gasteiger partial charge on any atom is 0.270 e. The monoisotopic (exact) mass is 276 g/mol. The van der Waals surface area contributed by atoms with Crippen molar-refractivity contribution in [1.82, 2.24) is 9.47 Å². The number of ether oxygens (including phenoxy) is 1.